The maximum atomic E-state index is 6.32. The molecule has 0 aliphatic heterocycles. The Labute approximate surface area is 132 Å². The lowest BCUT2D eigenvalue weighted by atomic mass is 10.00. The quantitative estimate of drug-likeness (QED) is 0.866. The van der Waals surface area contributed by atoms with E-state index in [1.54, 1.807) is 0 Å². The van der Waals surface area contributed by atoms with Crippen molar-refractivity contribution in [2.45, 2.75) is 25.0 Å². The van der Waals surface area contributed by atoms with E-state index < -0.39 is 0 Å². The van der Waals surface area contributed by atoms with Crippen LogP contribution in [0.2, 0.25) is 5.02 Å². The van der Waals surface area contributed by atoms with Gasteiger partial charge in [-0.2, -0.15) is 0 Å². The molecule has 0 heterocycles. The smallest absolute Gasteiger partial charge is 0.119 e. The van der Waals surface area contributed by atoms with Gasteiger partial charge < -0.3 is 10.5 Å². The predicted molar refractivity (Wildman–Crippen MR) is 85.3 cm³/mol. The fourth-order valence-electron chi connectivity index (χ4n) is 2.06. The maximum Gasteiger partial charge on any atom is 0.119 e. The second-order valence-electron chi connectivity index (χ2n) is 5.03. The van der Waals surface area contributed by atoms with Crippen LogP contribution < -0.4 is 10.5 Å². The SMILES string of the molecule is NC(c1ccc(OC2CC2)cc1)c1cc(Cl)ccc1Br. The zero-order valence-corrected chi connectivity index (χ0v) is 13.2. The molecule has 2 aromatic rings. The highest BCUT2D eigenvalue weighted by atomic mass is 79.9. The van der Waals surface area contributed by atoms with Crippen molar-refractivity contribution in [3.63, 3.8) is 0 Å². The standard InChI is InChI=1S/C16H15BrClNO/c17-15-8-3-11(18)9-14(15)16(19)10-1-4-12(5-2-10)20-13-6-7-13/h1-5,8-9,13,16H,6-7,19H2. The predicted octanol–water partition coefficient (Wildman–Crippen LogP) is 4.69. The highest BCUT2D eigenvalue weighted by Crippen LogP contribution is 2.31. The second-order valence-corrected chi connectivity index (χ2v) is 6.32. The Morgan fingerprint density at radius 3 is 2.50 bits per heavy atom. The van der Waals surface area contributed by atoms with Gasteiger partial charge in [-0.3, -0.25) is 0 Å². The monoisotopic (exact) mass is 351 g/mol. The normalized spacial score (nSPS) is 15.9. The van der Waals surface area contributed by atoms with E-state index in [2.05, 4.69) is 15.9 Å². The van der Waals surface area contributed by atoms with Gasteiger partial charge in [0.25, 0.3) is 0 Å². The molecule has 2 N–H and O–H groups in total. The van der Waals surface area contributed by atoms with E-state index in [0.717, 1.165) is 34.2 Å². The third kappa shape index (κ3) is 3.17. The third-order valence-electron chi connectivity index (χ3n) is 3.36. The molecule has 4 heteroatoms. The van der Waals surface area contributed by atoms with Crippen LogP contribution in [0.25, 0.3) is 0 Å². The molecule has 104 valence electrons. The fraction of sp³-hybridized carbons (Fsp3) is 0.250. The zero-order chi connectivity index (χ0) is 14.1. The molecule has 1 unspecified atom stereocenters. The fourth-order valence-corrected chi connectivity index (χ4v) is 2.74. The number of benzene rings is 2. The number of ether oxygens (including phenoxy) is 1. The lowest BCUT2D eigenvalue weighted by molar-refractivity contribution is 0.303. The first kappa shape index (κ1) is 13.9. The van der Waals surface area contributed by atoms with Crippen LogP contribution in [0.3, 0.4) is 0 Å². The molecule has 2 nitrogen and oxygen atoms in total. The van der Waals surface area contributed by atoms with Crippen molar-refractivity contribution in [3.8, 4) is 5.75 Å². The number of hydrogen-bond acceptors (Lipinski definition) is 2. The Morgan fingerprint density at radius 2 is 1.85 bits per heavy atom. The van der Waals surface area contributed by atoms with Gasteiger partial charge in [0.2, 0.25) is 0 Å². The minimum absolute atomic E-state index is 0.210. The van der Waals surface area contributed by atoms with Crippen LogP contribution in [0.4, 0.5) is 0 Å². The van der Waals surface area contributed by atoms with Gasteiger partial charge in [0.05, 0.1) is 12.1 Å². The summed E-state index contributed by atoms with van der Waals surface area (Å²) in [7, 11) is 0. The molecule has 1 aliphatic rings. The maximum absolute atomic E-state index is 6.32. The summed E-state index contributed by atoms with van der Waals surface area (Å²) < 4.78 is 6.70. The molecule has 0 spiro atoms. The molecule has 2 aromatic carbocycles. The van der Waals surface area contributed by atoms with Crippen LogP contribution in [0, 0.1) is 0 Å². The Balaban J connectivity index is 1.81. The van der Waals surface area contributed by atoms with E-state index in [1.807, 2.05) is 42.5 Å². The Hall–Kier alpha value is -1.03. The highest BCUT2D eigenvalue weighted by molar-refractivity contribution is 9.10. The minimum Gasteiger partial charge on any atom is -0.490 e. The molecule has 1 aliphatic carbocycles. The summed E-state index contributed by atoms with van der Waals surface area (Å²) in [6.45, 7) is 0. The first-order valence-corrected chi connectivity index (χ1v) is 7.78. The summed E-state index contributed by atoms with van der Waals surface area (Å²) in [6, 6.07) is 13.4. The van der Waals surface area contributed by atoms with Crippen molar-refractivity contribution in [2.24, 2.45) is 5.73 Å². The first-order chi connectivity index (χ1) is 9.63. The van der Waals surface area contributed by atoms with Gasteiger partial charge in [-0.1, -0.05) is 39.7 Å². The summed E-state index contributed by atoms with van der Waals surface area (Å²) in [4.78, 5) is 0. The van der Waals surface area contributed by atoms with Gasteiger partial charge in [0.1, 0.15) is 5.75 Å². The van der Waals surface area contributed by atoms with Crippen LogP contribution in [0.15, 0.2) is 46.9 Å². The van der Waals surface area contributed by atoms with Crippen molar-refractivity contribution in [1.29, 1.82) is 0 Å². The molecule has 0 aromatic heterocycles. The lowest BCUT2D eigenvalue weighted by Gasteiger charge is -2.15. The van der Waals surface area contributed by atoms with Gasteiger partial charge in [0, 0.05) is 9.50 Å². The third-order valence-corrected chi connectivity index (χ3v) is 4.32. The van der Waals surface area contributed by atoms with Gasteiger partial charge in [-0.25, -0.2) is 0 Å². The van der Waals surface area contributed by atoms with E-state index in [9.17, 15) is 0 Å². The molecule has 20 heavy (non-hydrogen) atoms. The first-order valence-electron chi connectivity index (χ1n) is 6.60. The molecule has 1 saturated carbocycles. The Bertz CT molecular complexity index is 610. The van der Waals surface area contributed by atoms with Crippen molar-refractivity contribution in [2.75, 3.05) is 0 Å². The van der Waals surface area contributed by atoms with Gasteiger partial charge in [-0.15, -0.1) is 0 Å². The topological polar surface area (TPSA) is 35.2 Å². The molecule has 1 atom stereocenters. The summed E-state index contributed by atoms with van der Waals surface area (Å²) in [5.41, 5.74) is 8.34. The van der Waals surface area contributed by atoms with Gasteiger partial charge >= 0.3 is 0 Å². The average Bonchev–Trinajstić information content (AvgIpc) is 3.26. The van der Waals surface area contributed by atoms with E-state index in [-0.39, 0.29) is 6.04 Å². The molecule has 0 saturated heterocycles. The molecule has 0 bridgehead atoms. The van der Waals surface area contributed by atoms with Crippen molar-refractivity contribution >= 4 is 27.5 Å². The number of nitrogens with two attached hydrogens (primary N) is 1. The van der Waals surface area contributed by atoms with Gasteiger partial charge in [-0.05, 0) is 54.3 Å². The van der Waals surface area contributed by atoms with Crippen LogP contribution in [0.5, 0.6) is 5.75 Å². The lowest BCUT2D eigenvalue weighted by Crippen LogP contribution is -2.12. The number of rotatable bonds is 4. The molecular weight excluding hydrogens is 338 g/mol. The van der Waals surface area contributed by atoms with Crippen LogP contribution in [0.1, 0.15) is 30.0 Å². The number of hydrogen-bond donors (Lipinski definition) is 1. The largest absolute Gasteiger partial charge is 0.490 e. The summed E-state index contributed by atoms with van der Waals surface area (Å²) >= 11 is 9.56. The molecule has 0 amide bonds. The molecule has 3 rings (SSSR count). The van der Waals surface area contributed by atoms with E-state index in [4.69, 9.17) is 22.1 Å². The molecule has 1 fully saturated rings. The molecule has 0 radical (unpaired) electrons. The summed E-state index contributed by atoms with van der Waals surface area (Å²) in [5.74, 6) is 0.911. The summed E-state index contributed by atoms with van der Waals surface area (Å²) in [5, 5.41) is 0.687. The highest BCUT2D eigenvalue weighted by Gasteiger charge is 2.23. The van der Waals surface area contributed by atoms with Crippen molar-refractivity contribution in [1.82, 2.24) is 0 Å². The Kier molecular flexibility index (Phi) is 4.01. The van der Waals surface area contributed by atoms with Crippen LogP contribution >= 0.6 is 27.5 Å². The zero-order valence-electron chi connectivity index (χ0n) is 10.9. The minimum atomic E-state index is -0.210. The van der Waals surface area contributed by atoms with Crippen molar-refractivity contribution in [3.05, 3.63) is 63.1 Å². The number of halogens is 2. The van der Waals surface area contributed by atoms with Crippen LogP contribution in [-0.4, -0.2) is 6.10 Å². The van der Waals surface area contributed by atoms with Crippen molar-refractivity contribution < 1.29 is 4.74 Å². The summed E-state index contributed by atoms with van der Waals surface area (Å²) in [6.07, 6.45) is 2.74. The van der Waals surface area contributed by atoms with Gasteiger partial charge in [0.15, 0.2) is 0 Å². The van der Waals surface area contributed by atoms with Crippen LogP contribution in [-0.2, 0) is 0 Å². The Morgan fingerprint density at radius 1 is 1.15 bits per heavy atom. The second kappa shape index (κ2) is 5.76. The molecular formula is C16H15BrClNO. The van der Waals surface area contributed by atoms with E-state index in [1.165, 1.54) is 0 Å². The van der Waals surface area contributed by atoms with E-state index in [0.29, 0.717) is 11.1 Å². The van der Waals surface area contributed by atoms with E-state index >= 15 is 0 Å². The average molecular weight is 353 g/mol.